The lowest BCUT2D eigenvalue weighted by atomic mass is 10.2. The standard InChI is InChI=1S/C18H21F2N7O3S/c1-11-8-26(9-12(30-11)6-24-31(2,28)29)17-5-14(22-10-23-17)15-7-21-16-4-3-13(18(19)20)25-27(15)16/h3-5,7,10-12,18,24H,6,8-9H2,1-2H3/t11-,12-/m1/s1. The Morgan fingerprint density at radius 2 is 2.06 bits per heavy atom. The molecule has 3 aromatic rings. The van der Waals surface area contributed by atoms with Gasteiger partial charge in [0.25, 0.3) is 6.43 Å². The van der Waals surface area contributed by atoms with Crippen molar-refractivity contribution in [2.24, 2.45) is 0 Å². The van der Waals surface area contributed by atoms with Gasteiger partial charge in [0.2, 0.25) is 10.0 Å². The summed E-state index contributed by atoms with van der Waals surface area (Å²) in [7, 11) is -3.33. The third-order valence-electron chi connectivity index (χ3n) is 4.75. The number of nitrogens with zero attached hydrogens (tertiary/aromatic N) is 6. The molecule has 0 amide bonds. The van der Waals surface area contributed by atoms with E-state index < -0.39 is 16.4 Å². The zero-order valence-corrected chi connectivity index (χ0v) is 17.6. The molecule has 1 N–H and O–H groups in total. The molecule has 1 aliphatic rings. The molecule has 2 atom stereocenters. The Bertz CT molecular complexity index is 1190. The molecule has 0 saturated carbocycles. The van der Waals surface area contributed by atoms with Crippen LogP contribution in [0.1, 0.15) is 19.0 Å². The molecular formula is C18H21F2N7O3S. The van der Waals surface area contributed by atoms with Crippen LogP contribution >= 0.6 is 0 Å². The summed E-state index contributed by atoms with van der Waals surface area (Å²) >= 11 is 0. The molecule has 1 fully saturated rings. The van der Waals surface area contributed by atoms with Crippen LogP contribution in [0.2, 0.25) is 0 Å². The van der Waals surface area contributed by atoms with E-state index in [1.807, 2.05) is 11.8 Å². The smallest absolute Gasteiger partial charge is 0.282 e. The van der Waals surface area contributed by atoms with Crippen LogP contribution in [0.5, 0.6) is 0 Å². The SMILES string of the molecule is C[C@@H]1CN(c2cc(-c3cnc4ccc(C(F)F)nn34)ncn2)C[C@@H](CNS(C)(=O)=O)O1. The van der Waals surface area contributed by atoms with E-state index in [0.29, 0.717) is 35.9 Å². The molecule has 0 aliphatic carbocycles. The zero-order valence-electron chi connectivity index (χ0n) is 16.8. The van der Waals surface area contributed by atoms with Gasteiger partial charge in [-0.2, -0.15) is 5.10 Å². The largest absolute Gasteiger partial charge is 0.370 e. The van der Waals surface area contributed by atoms with Gasteiger partial charge in [0.05, 0.1) is 30.4 Å². The lowest BCUT2D eigenvalue weighted by Crippen LogP contribution is -2.51. The van der Waals surface area contributed by atoms with Gasteiger partial charge >= 0.3 is 0 Å². The van der Waals surface area contributed by atoms with Crippen molar-refractivity contribution in [2.45, 2.75) is 25.6 Å². The van der Waals surface area contributed by atoms with Gasteiger partial charge in [0, 0.05) is 25.7 Å². The Morgan fingerprint density at radius 1 is 1.26 bits per heavy atom. The van der Waals surface area contributed by atoms with E-state index in [9.17, 15) is 17.2 Å². The average Bonchev–Trinajstić information content (AvgIpc) is 3.15. The fourth-order valence-corrected chi connectivity index (χ4v) is 3.92. The van der Waals surface area contributed by atoms with Crippen molar-refractivity contribution in [3.05, 3.63) is 36.4 Å². The summed E-state index contributed by atoms with van der Waals surface area (Å²) in [4.78, 5) is 14.8. The first kappa shape index (κ1) is 21.5. The Balaban J connectivity index is 1.61. The number of hydrogen-bond acceptors (Lipinski definition) is 8. The summed E-state index contributed by atoms with van der Waals surface area (Å²) in [6, 6.07) is 4.43. The molecule has 4 rings (SSSR count). The van der Waals surface area contributed by atoms with Gasteiger partial charge in [-0.05, 0) is 19.1 Å². The topological polar surface area (TPSA) is 115 Å². The van der Waals surface area contributed by atoms with E-state index in [2.05, 4.69) is 24.8 Å². The van der Waals surface area contributed by atoms with Gasteiger partial charge in [-0.1, -0.05) is 0 Å². The van der Waals surface area contributed by atoms with Gasteiger partial charge in [-0.3, -0.25) is 0 Å². The monoisotopic (exact) mass is 453 g/mol. The molecule has 1 aliphatic heterocycles. The van der Waals surface area contributed by atoms with Gasteiger partial charge in [-0.15, -0.1) is 0 Å². The average molecular weight is 453 g/mol. The van der Waals surface area contributed by atoms with E-state index in [0.717, 1.165) is 6.26 Å². The molecule has 10 nitrogen and oxygen atoms in total. The lowest BCUT2D eigenvalue weighted by molar-refractivity contribution is -0.0124. The fraction of sp³-hybridized carbons (Fsp3) is 0.444. The highest BCUT2D eigenvalue weighted by Crippen LogP contribution is 2.25. The van der Waals surface area contributed by atoms with Crippen molar-refractivity contribution >= 4 is 21.5 Å². The molecule has 166 valence electrons. The number of hydrogen-bond donors (Lipinski definition) is 1. The molecule has 3 aromatic heterocycles. The summed E-state index contributed by atoms with van der Waals surface area (Å²) in [5, 5.41) is 3.97. The van der Waals surface area contributed by atoms with E-state index in [1.165, 1.54) is 29.2 Å². The second kappa shape index (κ2) is 8.40. The van der Waals surface area contributed by atoms with E-state index in [1.54, 1.807) is 6.07 Å². The number of morpholine rings is 1. The van der Waals surface area contributed by atoms with Crippen LogP contribution in [0.15, 0.2) is 30.7 Å². The highest BCUT2D eigenvalue weighted by molar-refractivity contribution is 7.88. The second-order valence-corrected chi connectivity index (χ2v) is 9.16. The number of alkyl halides is 2. The molecular weight excluding hydrogens is 432 g/mol. The van der Waals surface area contributed by atoms with Crippen molar-refractivity contribution in [2.75, 3.05) is 30.8 Å². The number of anilines is 1. The minimum Gasteiger partial charge on any atom is -0.370 e. The number of fused-ring (bicyclic) bond motifs is 1. The Kier molecular flexibility index (Phi) is 5.81. The normalized spacial score (nSPS) is 20.0. The van der Waals surface area contributed by atoms with Crippen LogP contribution in [0, 0.1) is 0 Å². The number of halogens is 2. The molecule has 0 radical (unpaired) electrons. The van der Waals surface area contributed by atoms with Crippen LogP contribution in [0.3, 0.4) is 0 Å². The van der Waals surface area contributed by atoms with Gasteiger partial charge in [-0.25, -0.2) is 41.4 Å². The third-order valence-corrected chi connectivity index (χ3v) is 5.44. The predicted octanol–water partition coefficient (Wildman–Crippen LogP) is 1.27. The first-order chi connectivity index (χ1) is 14.7. The number of nitrogens with one attached hydrogen (secondary N) is 1. The number of rotatable bonds is 6. The number of ether oxygens (including phenoxy) is 1. The second-order valence-electron chi connectivity index (χ2n) is 7.33. The third kappa shape index (κ3) is 4.94. The van der Waals surface area contributed by atoms with E-state index >= 15 is 0 Å². The molecule has 0 unspecified atom stereocenters. The van der Waals surface area contributed by atoms with E-state index in [4.69, 9.17) is 4.74 Å². The van der Waals surface area contributed by atoms with Gasteiger partial charge in [0.15, 0.2) is 5.65 Å². The van der Waals surface area contributed by atoms with Gasteiger partial charge in [0.1, 0.15) is 23.5 Å². The van der Waals surface area contributed by atoms with Crippen molar-refractivity contribution in [1.29, 1.82) is 0 Å². The zero-order chi connectivity index (χ0) is 22.2. The van der Waals surface area contributed by atoms with Gasteiger partial charge < -0.3 is 9.64 Å². The van der Waals surface area contributed by atoms with Crippen LogP contribution in [-0.4, -0.2) is 71.1 Å². The summed E-state index contributed by atoms with van der Waals surface area (Å²) in [6.07, 6.45) is 0.785. The maximum atomic E-state index is 13.1. The van der Waals surface area contributed by atoms with Crippen molar-refractivity contribution in [3.8, 4) is 11.4 Å². The minimum atomic E-state index is -3.33. The molecule has 1 saturated heterocycles. The fourth-order valence-electron chi connectivity index (χ4n) is 3.43. The number of imidazole rings is 1. The van der Waals surface area contributed by atoms with Crippen LogP contribution < -0.4 is 9.62 Å². The molecule has 0 bridgehead atoms. The molecule has 0 aromatic carbocycles. The molecule has 4 heterocycles. The van der Waals surface area contributed by atoms with E-state index in [-0.39, 0.29) is 24.4 Å². The number of aromatic nitrogens is 5. The first-order valence-electron chi connectivity index (χ1n) is 9.50. The quantitative estimate of drug-likeness (QED) is 0.594. The summed E-state index contributed by atoms with van der Waals surface area (Å²) in [5.74, 6) is 0.601. The molecule has 13 heteroatoms. The first-order valence-corrected chi connectivity index (χ1v) is 11.4. The molecule has 31 heavy (non-hydrogen) atoms. The van der Waals surface area contributed by atoms with Crippen molar-refractivity contribution in [1.82, 2.24) is 29.3 Å². The predicted molar refractivity (Wildman–Crippen MR) is 108 cm³/mol. The van der Waals surface area contributed by atoms with Crippen LogP contribution in [-0.2, 0) is 14.8 Å². The van der Waals surface area contributed by atoms with Crippen LogP contribution in [0.25, 0.3) is 17.0 Å². The van der Waals surface area contributed by atoms with Crippen molar-refractivity contribution in [3.63, 3.8) is 0 Å². The Hall–Kier alpha value is -2.77. The minimum absolute atomic E-state index is 0.144. The Labute approximate surface area is 177 Å². The highest BCUT2D eigenvalue weighted by Gasteiger charge is 2.27. The number of sulfonamides is 1. The maximum Gasteiger partial charge on any atom is 0.282 e. The van der Waals surface area contributed by atoms with Crippen molar-refractivity contribution < 1.29 is 21.9 Å². The maximum absolute atomic E-state index is 13.1. The van der Waals surface area contributed by atoms with Crippen LogP contribution in [0.4, 0.5) is 14.6 Å². The highest BCUT2D eigenvalue weighted by atomic mass is 32.2. The lowest BCUT2D eigenvalue weighted by Gasteiger charge is -2.37. The molecule has 0 spiro atoms. The summed E-state index contributed by atoms with van der Waals surface area (Å²) in [6.45, 7) is 3.00. The summed E-state index contributed by atoms with van der Waals surface area (Å²) < 4.78 is 58.5. The Morgan fingerprint density at radius 3 is 2.81 bits per heavy atom. The summed E-state index contributed by atoms with van der Waals surface area (Å²) in [5.41, 5.74) is 0.995.